The maximum atomic E-state index is 13.6. The van der Waals surface area contributed by atoms with Gasteiger partial charge in [0.1, 0.15) is 5.82 Å². The first-order valence-corrected chi connectivity index (χ1v) is 13.0. The zero-order valence-electron chi connectivity index (χ0n) is 19.9. The fourth-order valence-electron chi connectivity index (χ4n) is 4.73. The molecule has 0 radical (unpaired) electrons. The van der Waals surface area contributed by atoms with E-state index in [-0.39, 0.29) is 34.8 Å². The summed E-state index contributed by atoms with van der Waals surface area (Å²) in [6, 6.07) is 16.2. The first-order chi connectivity index (χ1) is 16.4. The lowest BCUT2D eigenvalue weighted by atomic mass is 9.83. The van der Waals surface area contributed by atoms with Crippen LogP contribution >= 0.6 is 11.8 Å². The Morgan fingerprint density at radius 1 is 1.15 bits per heavy atom. The van der Waals surface area contributed by atoms with E-state index in [2.05, 4.69) is 19.2 Å². The average molecular weight is 481 g/mol. The molecule has 2 amide bonds. The highest BCUT2D eigenvalue weighted by atomic mass is 32.2. The average Bonchev–Trinajstić information content (AvgIpc) is 2.83. The van der Waals surface area contributed by atoms with Crippen molar-refractivity contribution < 1.29 is 14.0 Å². The van der Waals surface area contributed by atoms with Crippen molar-refractivity contribution in [1.82, 2.24) is 10.2 Å². The second-order valence-corrected chi connectivity index (χ2v) is 11.0. The number of carbonyl (C=O) groups is 2. The molecule has 0 aromatic heterocycles. The van der Waals surface area contributed by atoms with Crippen molar-refractivity contribution >= 4 is 29.7 Å². The number of amides is 2. The van der Waals surface area contributed by atoms with Crippen LogP contribution in [-0.2, 0) is 16.1 Å². The number of halogens is 1. The summed E-state index contributed by atoms with van der Waals surface area (Å²) >= 11 is 1.65. The minimum Gasteiger partial charge on any atom is -0.356 e. The van der Waals surface area contributed by atoms with E-state index in [0.29, 0.717) is 25.4 Å². The summed E-state index contributed by atoms with van der Waals surface area (Å²) in [7, 11) is 0. The Bertz CT molecular complexity index is 1020. The van der Waals surface area contributed by atoms with E-state index in [0.717, 1.165) is 35.3 Å². The lowest BCUT2D eigenvalue weighted by molar-refractivity contribution is -0.133. The lowest BCUT2D eigenvalue weighted by Gasteiger charge is -2.46. The molecule has 34 heavy (non-hydrogen) atoms. The molecule has 6 heteroatoms. The molecule has 1 N–H and O–H groups in total. The van der Waals surface area contributed by atoms with E-state index in [9.17, 15) is 14.0 Å². The Hall–Kier alpha value is -2.60. The minimum absolute atomic E-state index is 0.0136. The first kappa shape index (κ1) is 24.5. The fourth-order valence-corrected chi connectivity index (χ4v) is 6.15. The van der Waals surface area contributed by atoms with Gasteiger partial charge in [0.05, 0.1) is 4.91 Å². The second-order valence-electron chi connectivity index (χ2n) is 9.69. The number of thioether (sulfide) groups is 1. The number of fused-ring (bicyclic) bond motifs is 1. The molecule has 2 aliphatic rings. The third-order valence-corrected chi connectivity index (χ3v) is 8.06. The van der Waals surface area contributed by atoms with Crippen molar-refractivity contribution in [1.29, 1.82) is 0 Å². The maximum absolute atomic E-state index is 13.6. The second kappa shape index (κ2) is 11.2. The van der Waals surface area contributed by atoms with Gasteiger partial charge < -0.3 is 10.2 Å². The molecular weight excluding hydrogens is 447 g/mol. The molecule has 1 heterocycles. The van der Waals surface area contributed by atoms with Gasteiger partial charge in [0, 0.05) is 30.3 Å². The molecule has 4 rings (SSSR count). The van der Waals surface area contributed by atoms with Crippen LogP contribution in [0.15, 0.2) is 59.5 Å². The van der Waals surface area contributed by atoms with E-state index in [1.54, 1.807) is 23.9 Å². The van der Waals surface area contributed by atoms with Crippen LogP contribution in [0.5, 0.6) is 0 Å². The molecular formula is C28H33FN2O2S. The van der Waals surface area contributed by atoms with Crippen molar-refractivity contribution in [3.63, 3.8) is 0 Å². The van der Waals surface area contributed by atoms with Gasteiger partial charge in [-0.3, -0.25) is 9.59 Å². The molecule has 180 valence electrons. The number of nitrogens with zero attached hydrogens (tertiary/aromatic N) is 1. The third-order valence-electron chi connectivity index (χ3n) is 6.66. The summed E-state index contributed by atoms with van der Waals surface area (Å²) in [5, 5.41) is 3.34. The molecule has 1 aliphatic carbocycles. The summed E-state index contributed by atoms with van der Waals surface area (Å²) in [6.07, 6.45) is 5.31. The number of hydrogen-bond donors (Lipinski definition) is 1. The van der Waals surface area contributed by atoms with Crippen molar-refractivity contribution in [2.24, 2.45) is 11.8 Å². The van der Waals surface area contributed by atoms with Gasteiger partial charge in [0.2, 0.25) is 5.91 Å². The van der Waals surface area contributed by atoms with Gasteiger partial charge in [-0.1, -0.05) is 56.3 Å². The summed E-state index contributed by atoms with van der Waals surface area (Å²) in [5.41, 5.74) is 1.89. The van der Waals surface area contributed by atoms with Crippen molar-refractivity contribution in [2.45, 2.75) is 57.4 Å². The van der Waals surface area contributed by atoms with E-state index < -0.39 is 0 Å². The van der Waals surface area contributed by atoms with Crippen LogP contribution in [0, 0.1) is 17.7 Å². The largest absolute Gasteiger partial charge is 0.356 e. The molecule has 1 saturated carbocycles. The summed E-state index contributed by atoms with van der Waals surface area (Å²) in [6.45, 7) is 5.40. The van der Waals surface area contributed by atoms with Crippen LogP contribution in [0.1, 0.15) is 50.7 Å². The number of carbonyl (C=O) groups excluding carboxylic acids is 2. The zero-order chi connectivity index (χ0) is 24.1. The van der Waals surface area contributed by atoms with Gasteiger partial charge in [-0.2, -0.15) is 0 Å². The number of benzene rings is 2. The number of rotatable bonds is 7. The Labute approximate surface area is 206 Å². The molecule has 2 fully saturated rings. The van der Waals surface area contributed by atoms with Gasteiger partial charge in [-0.05, 0) is 60.9 Å². The smallest absolute Gasteiger partial charge is 0.260 e. The Morgan fingerprint density at radius 3 is 2.59 bits per heavy atom. The van der Waals surface area contributed by atoms with Crippen LogP contribution in [0.25, 0.3) is 6.08 Å². The molecule has 3 atom stereocenters. The standard InChI is InChI=1S/C28H33FN2O2S/c1-19(2)14-15-30-27(32)22-10-13-25-24(17-22)31(18-21-8-11-23(29)12-9-21)28(33)26(34-25)16-20-6-4-3-5-7-20/h3-9,11-12,16,19,22,24-25H,10,13-15,17-18H2,1-2H3,(H,30,32)/b26-16-. The first-order valence-electron chi connectivity index (χ1n) is 12.2. The maximum Gasteiger partial charge on any atom is 0.260 e. The molecule has 0 bridgehead atoms. The van der Waals surface area contributed by atoms with Gasteiger partial charge in [-0.25, -0.2) is 4.39 Å². The summed E-state index contributed by atoms with van der Waals surface area (Å²) < 4.78 is 13.5. The highest BCUT2D eigenvalue weighted by Gasteiger charge is 2.44. The SMILES string of the molecule is CC(C)CCNC(=O)C1CCC2S/C(=C\c3ccccc3)C(=O)N(Cc3ccc(F)cc3)C2C1. The van der Waals surface area contributed by atoms with Crippen LogP contribution in [0.4, 0.5) is 4.39 Å². The Balaban J connectivity index is 1.55. The molecule has 4 nitrogen and oxygen atoms in total. The summed E-state index contributed by atoms with van der Waals surface area (Å²) in [5.74, 6) is 0.258. The van der Waals surface area contributed by atoms with Gasteiger partial charge >= 0.3 is 0 Å². The van der Waals surface area contributed by atoms with E-state index in [1.807, 2.05) is 41.3 Å². The summed E-state index contributed by atoms with van der Waals surface area (Å²) in [4.78, 5) is 29.2. The molecule has 2 aromatic rings. The van der Waals surface area contributed by atoms with E-state index in [1.165, 1.54) is 12.1 Å². The third kappa shape index (κ3) is 6.09. The van der Waals surface area contributed by atoms with Crippen molar-refractivity contribution in [3.8, 4) is 0 Å². The van der Waals surface area contributed by atoms with Crippen LogP contribution in [0.3, 0.4) is 0 Å². The van der Waals surface area contributed by atoms with E-state index >= 15 is 0 Å². The fraction of sp³-hybridized carbons (Fsp3) is 0.429. The lowest BCUT2D eigenvalue weighted by Crippen LogP contribution is -2.53. The zero-order valence-corrected chi connectivity index (χ0v) is 20.7. The Morgan fingerprint density at radius 2 is 1.88 bits per heavy atom. The van der Waals surface area contributed by atoms with Gasteiger partial charge in [0.15, 0.2) is 0 Å². The van der Waals surface area contributed by atoms with Gasteiger partial charge in [0.25, 0.3) is 5.91 Å². The number of hydrogen-bond acceptors (Lipinski definition) is 3. The monoisotopic (exact) mass is 480 g/mol. The molecule has 1 aliphatic heterocycles. The minimum atomic E-state index is -0.289. The van der Waals surface area contributed by atoms with Gasteiger partial charge in [-0.15, -0.1) is 11.8 Å². The predicted molar refractivity (Wildman–Crippen MR) is 136 cm³/mol. The highest BCUT2D eigenvalue weighted by molar-refractivity contribution is 8.04. The van der Waals surface area contributed by atoms with Crippen LogP contribution < -0.4 is 5.32 Å². The Kier molecular flexibility index (Phi) is 8.09. The normalized spacial score (nSPS) is 23.8. The molecule has 2 aromatic carbocycles. The number of nitrogens with one attached hydrogen (secondary N) is 1. The van der Waals surface area contributed by atoms with Crippen molar-refractivity contribution in [2.75, 3.05) is 6.54 Å². The topological polar surface area (TPSA) is 49.4 Å². The molecule has 3 unspecified atom stereocenters. The molecule has 1 saturated heterocycles. The highest BCUT2D eigenvalue weighted by Crippen LogP contribution is 2.44. The molecule has 0 spiro atoms. The van der Waals surface area contributed by atoms with E-state index in [4.69, 9.17) is 0 Å². The van der Waals surface area contributed by atoms with Crippen LogP contribution in [0.2, 0.25) is 0 Å². The quantitative estimate of drug-likeness (QED) is 0.522. The van der Waals surface area contributed by atoms with Crippen LogP contribution in [-0.4, -0.2) is 34.6 Å². The predicted octanol–water partition coefficient (Wildman–Crippen LogP) is 5.64. The van der Waals surface area contributed by atoms with Crippen molar-refractivity contribution in [3.05, 3.63) is 76.4 Å².